The number of benzene rings is 1. The lowest BCUT2D eigenvalue weighted by atomic mass is 9.81. The fourth-order valence-corrected chi connectivity index (χ4v) is 3.50. The summed E-state index contributed by atoms with van der Waals surface area (Å²) >= 11 is 0. The molecule has 2 atom stereocenters. The van der Waals surface area contributed by atoms with Crippen molar-refractivity contribution in [1.82, 2.24) is 14.8 Å². The highest BCUT2D eigenvalue weighted by Gasteiger charge is 2.39. The van der Waals surface area contributed by atoms with Gasteiger partial charge in [-0.25, -0.2) is 9.07 Å². The van der Waals surface area contributed by atoms with E-state index in [1.807, 2.05) is 6.92 Å². The number of hydrogen-bond acceptors (Lipinski definition) is 4. The number of nitrogens with one attached hydrogen (secondary N) is 1. The van der Waals surface area contributed by atoms with Gasteiger partial charge in [0.1, 0.15) is 17.7 Å². The predicted molar refractivity (Wildman–Crippen MR) is 83.4 cm³/mol. The van der Waals surface area contributed by atoms with Crippen molar-refractivity contribution < 1.29 is 9.18 Å². The topological polar surface area (TPSA) is 59.8 Å². The van der Waals surface area contributed by atoms with Gasteiger partial charge in [0.05, 0.1) is 0 Å². The van der Waals surface area contributed by atoms with Gasteiger partial charge in [-0.1, -0.05) is 25.1 Å². The molecule has 0 saturated carbocycles. The van der Waals surface area contributed by atoms with Crippen molar-refractivity contribution in [3.05, 3.63) is 52.7 Å². The van der Waals surface area contributed by atoms with Gasteiger partial charge in [0.15, 0.2) is 5.78 Å². The molecule has 0 saturated heterocycles. The van der Waals surface area contributed by atoms with Crippen LogP contribution in [0.4, 0.5) is 10.3 Å². The maximum Gasteiger partial charge on any atom is 0.226 e. The molecule has 1 aliphatic carbocycles. The molecule has 1 aromatic carbocycles. The molecule has 5 nitrogen and oxygen atoms in total. The van der Waals surface area contributed by atoms with Gasteiger partial charge >= 0.3 is 0 Å². The minimum Gasteiger partial charge on any atom is -0.328 e. The number of nitrogens with zero attached hydrogens (tertiary/aromatic N) is 3. The molecule has 2 heterocycles. The van der Waals surface area contributed by atoms with Crippen LogP contribution in [0.25, 0.3) is 0 Å². The molecule has 0 radical (unpaired) electrons. The Morgan fingerprint density at radius 2 is 2.09 bits per heavy atom. The number of rotatable bonds is 1. The fraction of sp³-hybridized carbons (Fsp3) is 0.353. The van der Waals surface area contributed by atoms with Crippen LogP contribution in [0.3, 0.4) is 0 Å². The van der Waals surface area contributed by atoms with Gasteiger partial charge in [0.2, 0.25) is 5.95 Å². The molecule has 23 heavy (non-hydrogen) atoms. The summed E-state index contributed by atoms with van der Waals surface area (Å²) in [6, 6.07) is 6.00. The standard InChI is InChI=1S/C17H17FN4O/c1-9-7-13-15(14(23)8-9)16(11-5-3-4-6-12(11)18)22-17(20-13)19-10(2)21-22/h3-6,9,16H,7-8H2,1-2H3,(H,19,20,21)/t9-,16-/m0/s1. The van der Waals surface area contributed by atoms with Crippen LogP contribution in [-0.4, -0.2) is 20.5 Å². The number of aryl methyl sites for hydroxylation is 1. The van der Waals surface area contributed by atoms with E-state index in [4.69, 9.17) is 0 Å². The normalized spacial score (nSPS) is 23.3. The van der Waals surface area contributed by atoms with Crippen LogP contribution in [-0.2, 0) is 4.79 Å². The molecule has 0 unspecified atom stereocenters. The Labute approximate surface area is 133 Å². The second-order valence-electron chi connectivity index (χ2n) is 6.31. The van der Waals surface area contributed by atoms with E-state index in [2.05, 4.69) is 15.4 Å². The number of hydrogen-bond donors (Lipinski definition) is 1. The summed E-state index contributed by atoms with van der Waals surface area (Å²) in [6.45, 7) is 3.83. The Morgan fingerprint density at radius 1 is 1.30 bits per heavy atom. The number of allylic oxidation sites excluding steroid dienone is 2. The van der Waals surface area contributed by atoms with Crippen LogP contribution in [0.2, 0.25) is 0 Å². The predicted octanol–water partition coefficient (Wildman–Crippen LogP) is 2.99. The fourth-order valence-electron chi connectivity index (χ4n) is 3.50. The van der Waals surface area contributed by atoms with Crippen molar-refractivity contribution in [2.75, 3.05) is 5.32 Å². The number of Topliss-reactive ketones (excluding diaryl/α,β-unsaturated/α-hetero) is 1. The van der Waals surface area contributed by atoms with Crippen LogP contribution in [0.1, 0.15) is 37.2 Å². The summed E-state index contributed by atoms with van der Waals surface area (Å²) in [5.74, 6) is 1.14. The monoisotopic (exact) mass is 312 g/mol. The molecule has 6 heteroatoms. The Bertz CT molecular complexity index is 839. The van der Waals surface area contributed by atoms with Crippen molar-refractivity contribution in [2.45, 2.75) is 32.7 Å². The molecule has 0 spiro atoms. The second kappa shape index (κ2) is 5.01. The Kier molecular flexibility index (Phi) is 3.07. The third-order valence-electron chi connectivity index (χ3n) is 4.43. The van der Waals surface area contributed by atoms with E-state index in [0.717, 1.165) is 12.1 Å². The van der Waals surface area contributed by atoms with Crippen LogP contribution in [0.15, 0.2) is 35.5 Å². The highest BCUT2D eigenvalue weighted by atomic mass is 19.1. The van der Waals surface area contributed by atoms with Gasteiger partial charge in [-0.2, -0.15) is 10.1 Å². The summed E-state index contributed by atoms with van der Waals surface area (Å²) in [5.41, 5.74) is 1.92. The maximum atomic E-state index is 14.4. The van der Waals surface area contributed by atoms with Crippen molar-refractivity contribution in [3.63, 3.8) is 0 Å². The molecule has 0 amide bonds. The van der Waals surface area contributed by atoms with E-state index >= 15 is 0 Å². The third-order valence-corrected chi connectivity index (χ3v) is 4.43. The summed E-state index contributed by atoms with van der Waals surface area (Å²) in [7, 11) is 0. The summed E-state index contributed by atoms with van der Waals surface area (Å²) in [6.07, 6.45) is 1.24. The first-order valence-corrected chi connectivity index (χ1v) is 7.75. The second-order valence-corrected chi connectivity index (χ2v) is 6.31. The zero-order valence-electron chi connectivity index (χ0n) is 13.0. The zero-order valence-corrected chi connectivity index (χ0v) is 13.0. The van der Waals surface area contributed by atoms with Crippen molar-refractivity contribution in [3.8, 4) is 0 Å². The van der Waals surface area contributed by atoms with Crippen LogP contribution in [0.5, 0.6) is 0 Å². The van der Waals surface area contributed by atoms with Crippen LogP contribution < -0.4 is 5.32 Å². The molecule has 1 aliphatic heterocycles. The summed E-state index contributed by atoms with van der Waals surface area (Å²) in [4.78, 5) is 17.0. The van der Waals surface area contributed by atoms with E-state index in [0.29, 0.717) is 29.3 Å². The first-order valence-electron chi connectivity index (χ1n) is 7.75. The lowest BCUT2D eigenvalue weighted by molar-refractivity contribution is -0.117. The molecule has 4 rings (SSSR count). The lowest BCUT2D eigenvalue weighted by Crippen LogP contribution is -2.33. The Hall–Kier alpha value is -2.50. The van der Waals surface area contributed by atoms with Crippen LogP contribution in [0, 0.1) is 18.7 Å². The number of fused-ring (bicyclic) bond motifs is 1. The van der Waals surface area contributed by atoms with Gasteiger partial charge in [-0.15, -0.1) is 0 Å². The molecule has 2 aliphatic rings. The quantitative estimate of drug-likeness (QED) is 0.879. The highest BCUT2D eigenvalue weighted by molar-refractivity contribution is 5.99. The number of carbonyl (C=O) groups excluding carboxylic acids is 1. The van der Waals surface area contributed by atoms with E-state index in [1.165, 1.54) is 6.07 Å². The van der Waals surface area contributed by atoms with Gasteiger partial charge in [0.25, 0.3) is 0 Å². The number of anilines is 1. The Morgan fingerprint density at radius 3 is 2.87 bits per heavy atom. The van der Waals surface area contributed by atoms with Gasteiger partial charge < -0.3 is 5.32 Å². The molecule has 2 aromatic rings. The van der Waals surface area contributed by atoms with E-state index in [-0.39, 0.29) is 17.5 Å². The van der Waals surface area contributed by atoms with Crippen molar-refractivity contribution in [2.24, 2.45) is 5.92 Å². The van der Waals surface area contributed by atoms with E-state index in [1.54, 1.807) is 29.8 Å². The zero-order chi connectivity index (χ0) is 16.1. The first kappa shape index (κ1) is 14.1. The van der Waals surface area contributed by atoms with Gasteiger partial charge in [-0.05, 0) is 25.3 Å². The van der Waals surface area contributed by atoms with Gasteiger partial charge in [-0.3, -0.25) is 4.79 Å². The number of halogens is 1. The smallest absolute Gasteiger partial charge is 0.226 e. The Balaban J connectivity index is 1.95. The number of aromatic nitrogens is 3. The van der Waals surface area contributed by atoms with E-state index in [9.17, 15) is 9.18 Å². The minimum absolute atomic E-state index is 0.0540. The van der Waals surface area contributed by atoms with Crippen molar-refractivity contribution >= 4 is 11.7 Å². The summed E-state index contributed by atoms with van der Waals surface area (Å²) in [5, 5.41) is 7.61. The molecule has 1 N–H and O–H groups in total. The maximum absolute atomic E-state index is 14.4. The highest BCUT2D eigenvalue weighted by Crippen LogP contribution is 2.41. The lowest BCUT2D eigenvalue weighted by Gasteiger charge is -2.34. The minimum atomic E-state index is -0.552. The molecular formula is C17H17FN4O. The molecule has 0 fully saturated rings. The average Bonchev–Trinajstić information content (AvgIpc) is 2.85. The number of carbonyl (C=O) groups is 1. The average molecular weight is 312 g/mol. The molecule has 0 bridgehead atoms. The van der Waals surface area contributed by atoms with E-state index < -0.39 is 6.04 Å². The molecule has 118 valence electrons. The summed E-state index contributed by atoms with van der Waals surface area (Å²) < 4.78 is 16.0. The van der Waals surface area contributed by atoms with Gasteiger partial charge in [0, 0.05) is 23.3 Å². The van der Waals surface area contributed by atoms with Crippen molar-refractivity contribution in [1.29, 1.82) is 0 Å². The number of ketones is 1. The van der Waals surface area contributed by atoms with Crippen LogP contribution >= 0.6 is 0 Å². The largest absolute Gasteiger partial charge is 0.328 e. The SMILES string of the molecule is Cc1nc2n(n1)[C@@H](c1ccccc1F)C1=C(C[C@H](C)CC1=O)N2. The third kappa shape index (κ3) is 2.17. The molecule has 1 aromatic heterocycles. The first-order chi connectivity index (χ1) is 11.0. The molecular weight excluding hydrogens is 295 g/mol.